The zero-order valence-electron chi connectivity index (χ0n) is 41.6. The molecule has 11 rings (SSSR count). The zero-order chi connectivity index (χ0) is 50.4. The van der Waals surface area contributed by atoms with E-state index in [4.69, 9.17) is 20.9 Å². The lowest BCUT2D eigenvalue weighted by molar-refractivity contribution is -0.120. The number of anilines is 2. The van der Waals surface area contributed by atoms with Crippen molar-refractivity contribution in [3.05, 3.63) is 77.0 Å². The number of phenolic OH excluding ortho intramolecular Hbond substituents is 1. The SMILES string of the molecule is C#Cc1c(F)ccc2cc(O)cc(-c3ncc4c(N5CCCOCC5)nc(OCC5(CN6CCN(CC7CCC8(CC7)CCN(C(=O)c7ccc(C)c(N9CCC(=O)NC9=O)c7)CC8)CC6)CC5)nc4c3F)c12. The molecule has 17 heteroatoms. The molecule has 0 radical (unpaired) electrons. The van der Waals surface area contributed by atoms with Gasteiger partial charge in [-0.3, -0.25) is 24.8 Å². The van der Waals surface area contributed by atoms with Crippen LogP contribution in [0.3, 0.4) is 0 Å². The number of aryl methyl sites for hydroxylation is 1. The van der Waals surface area contributed by atoms with Gasteiger partial charge in [0.2, 0.25) is 5.91 Å². The second-order valence-corrected chi connectivity index (χ2v) is 21.5. The van der Waals surface area contributed by atoms with Crippen LogP contribution >= 0.6 is 0 Å². The minimum Gasteiger partial charge on any atom is -0.508 e. The van der Waals surface area contributed by atoms with E-state index in [0.717, 1.165) is 90.0 Å². The van der Waals surface area contributed by atoms with Crippen LogP contribution in [0.4, 0.5) is 25.1 Å². The molecule has 6 heterocycles. The van der Waals surface area contributed by atoms with Crippen molar-refractivity contribution in [2.24, 2.45) is 16.7 Å². The number of nitrogens with one attached hydrogen (secondary N) is 1. The van der Waals surface area contributed by atoms with Gasteiger partial charge in [0.05, 0.1) is 24.2 Å². The predicted molar refractivity (Wildman–Crippen MR) is 274 cm³/mol. The van der Waals surface area contributed by atoms with Gasteiger partial charge in [0.1, 0.15) is 28.6 Å². The Kier molecular flexibility index (Phi) is 13.4. The quantitative estimate of drug-likeness (QED) is 0.125. The number of nitrogens with zero attached hydrogens (tertiary/aromatic N) is 8. The molecule has 6 fully saturated rings. The highest BCUT2D eigenvalue weighted by Crippen LogP contribution is 2.48. The Hall–Kier alpha value is -6.48. The maximum Gasteiger partial charge on any atom is 0.328 e. The van der Waals surface area contributed by atoms with E-state index in [1.807, 2.05) is 24.0 Å². The average molecular weight is 996 g/mol. The van der Waals surface area contributed by atoms with Crippen LogP contribution in [0, 0.1) is 47.6 Å². The number of aromatic hydroxyl groups is 1. The van der Waals surface area contributed by atoms with Crippen LogP contribution in [-0.2, 0) is 9.53 Å². The first-order valence-corrected chi connectivity index (χ1v) is 26.1. The number of urea groups is 1. The summed E-state index contributed by atoms with van der Waals surface area (Å²) in [4.78, 5) is 62.9. The first-order chi connectivity index (χ1) is 35.4. The normalized spacial score (nSPS) is 20.8. The number of piperazine rings is 1. The predicted octanol–water partition coefficient (Wildman–Crippen LogP) is 7.68. The molecular formula is C56H63F2N9O6. The molecule has 5 aromatic rings. The maximum atomic E-state index is 17.1. The lowest BCUT2D eigenvalue weighted by Gasteiger charge is -2.47. The van der Waals surface area contributed by atoms with E-state index in [9.17, 15) is 19.5 Å². The molecule has 0 unspecified atom stereocenters. The van der Waals surface area contributed by atoms with Crippen molar-refractivity contribution < 1.29 is 37.7 Å². The molecule has 1 spiro atoms. The number of terminal acetylenes is 1. The third-order valence-electron chi connectivity index (χ3n) is 16.7. The number of halogens is 2. The van der Waals surface area contributed by atoms with Crippen molar-refractivity contribution in [2.45, 2.75) is 71.1 Å². The van der Waals surface area contributed by atoms with Crippen LogP contribution in [0.25, 0.3) is 32.9 Å². The van der Waals surface area contributed by atoms with Gasteiger partial charge >= 0.3 is 12.0 Å². The van der Waals surface area contributed by atoms with Crippen LogP contribution in [-0.4, -0.2) is 144 Å². The van der Waals surface area contributed by atoms with E-state index in [1.54, 1.807) is 11.0 Å². The van der Waals surface area contributed by atoms with E-state index in [2.05, 4.69) is 35.9 Å². The highest BCUT2D eigenvalue weighted by Gasteiger charge is 2.46. The maximum absolute atomic E-state index is 17.1. The van der Waals surface area contributed by atoms with Gasteiger partial charge in [-0.15, -0.1) is 6.42 Å². The summed E-state index contributed by atoms with van der Waals surface area (Å²) in [5.41, 5.74) is 2.37. The summed E-state index contributed by atoms with van der Waals surface area (Å²) in [5, 5.41) is 14.2. The minimum atomic E-state index is -0.750. The van der Waals surface area contributed by atoms with Crippen molar-refractivity contribution in [3.63, 3.8) is 0 Å². The Morgan fingerprint density at radius 1 is 0.918 bits per heavy atom. The number of likely N-dealkylation sites (tertiary alicyclic amines) is 1. The Labute approximate surface area is 424 Å². The van der Waals surface area contributed by atoms with Gasteiger partial charge in [-0.25, -0.2) is 13.6 Å². The van der Waals surface area contributed by atoms with Gasteiger partial charge < -0.3 is 34.2 Å². The third kappa shape index (κ3) is 10.0. The van der Waals surface area contributed by atoms with Gasteiger partial charge in [-0.1, -0.05) is 18.1 Å². The summed E-state index contributed by atoms with van der Waals surface area (Å²) < 4.78 is 44.3. The van der Waals surface area contributed by atoms with Gasteiger partial charge in [0.25, 0.3) is 5.91 Å². The number of carbonyl (C=O) groups excluding carboxylic acids is 3. The molecule has 2 aromatic heterocycles. The Morgan fingerprint density at radius 3 is 2.45 bits per heavy atom. The first kappa shape index (κ1) is 48.8. The Morgan fingerprint density at radius 2 is 1.70 bits per heavy atom. The van der Waals surface area contributed by atoms with Crippen LogP contribution in [0.15, 0.2) is 48.7 Å². The second kappa shape index (κ2) is 20.1. The lowest BCUT2D eigenvalue weighted by atomic mass is 9.65. The molecule has 2 aliphatic carbocycles. The molecule has 4 saturated heterocycles. The molecule has 6 aliphatic rings. The Bertz CT molecular complexity index is 3000. The number of aromatic nitrogens is 3. The number of hydrogen-bond acceptors (Lipinski definition) is 12. The number of ether oxygens (including phenoxy) is 2. The number of pyridine rings is 1. The monoisotopic (exact) mass is 995 g/mol. The van der Waals surface area contributed by atoms with Crippen molar-refractivity contribution in [1.82, 2.24) is 35.0 Å². The van der Waals surface area contributed by atoms with Crippen LogP contribution in [0.5, 0.6) is 11.8 Å². The van der Waals surface area contributed by atoms with Crippen LogP contribution < -0.4 is 19.9 Å². The van der Waals surface area contributed by atoms with Crippen LogP contribution in [0.1, 0.15) is 85.7 Å². The van der Waals surface area contributed by atoms with Crippen molar-refractivity contribution >= 4 is 51.0 Å². The Balaban J connectivity index is 0.690. The number of amides is 4. The highest BCUT2D eigenvalue weighted by atomic mass is 19.1. The fourth-order valence-corrected chi connectivity index (χ4v) is 12.1. The summed E-state index contributed by atoms with van der Waals surface area (Å²) in [6.07, 6.45) is 17.2. The molecule has 4 amide bonds. The number of carbonyl (C=O) groups is 3. The van der Waals surface area contributed by atoms with Gasteiger partial charge in [-0.2, -0.15) is 9.97 Å². The number of fused-ring (bicyclic) bond motifs is 2. The van der Waals surface area contributed by atoms with Crippen molar-refractivity contribution in [2.75, 3.05) is 102 Å². The number of rotatable bonds is 11. The third-order valence-corrected chi connectivity index (χ3v) is 16.7. The number of piperidine rings is 1. The molecule has 73 heavy (non-hydrogen) atoms. The second-order valence-electron chi connectivity index (χ2n) is 21.5. The van der Waals surface area contributed by atoms with E-state index >= 15 is 8.78 Å². The smallest absolute Gasteiger partial charge is 0.328 e. The van der Waals surface area contributed by atoms with Crippen molar-refractivity contribution in [3.8, 4) is 35.4 Å². The summed E-state index contributed by atoms with van der Waals surface area (Å²) in [6, 6.07) is 10.7. The first-order valence-electron chi connectivity index (χ1n) is 26.1. The molecule has 2 N–H and O–H groups in total. The summed E-state index contributed by atoms with van der Waals surface area (Å²) in [5.74, 6) is 1.77. The summed E-state index contributed by atoms with van der Waals surface area (Å²) in [6.45, 7) is 12.4. The largest absolute Gasteiger partial charge is 0.508 e. The van der Waals surface area contributed by atoms with E-state index in [0.29, 0.717) is 73.2 Å². The van der Waals surface area contributed by atoms with Gasteiger partial charge in [0, 0.05) is 119 Å². The lowest BCUT2D eigenvalue weighted by Crippen LogP contribution is -2.50. The topological polar surface area (TPSA) is 157 Å². The average Bonchev–Trinajstić information content (AvgIpc) is 4.21. The summed E-state index contributed by atoms with van der Waals surface area (Å²) in [7, 11) is 0. The standard InChI is InChI=1S/C56H63F2N9O6/c1-3-41-44(57)8-7-38-29-40(68)31-42(47(38)41)49-48(58)50-43(32-59-49)51(65-18-4-27-72-28-26-65)62-53(61-50)73-35-56(14-15-56)34-64-24-22-63(23-25-64)33-37-9-12-55(13-10-37)16-20-66(21-17-55)52(70)39-6-5-36(2)45(30-39)67-19-11-46(69)60-54(67)71/h1,5-8,29-32,37,68H,4,9-28,33-35H2,2H3,(H,60,69,71). The summed E-state index contributed by atoms with van der Waals surface area (Å²) >= 11 is 0. The van der Waals surface area contributed by atoms with E-state index < -0.39 is 17.7 Å². The van der Waals surface area contributed by atoms with Gasteiger partial charge in [0.15, 0.2) is 5.82 Å². The fourth-order valence-electron chi connectivity index (χ4n) is 12.1. The van der Waals surface area contributed by atoms with Gasteiger partial charge in [-0.05, 0) is 117 Å². The number of imide groups is 1. The molecular weight excluding hydrogens is 933 g/mol. The highest BCUT2D eigenvalue weighted by molar-refractivity contribution is 6.07. The van der Waals surface area contributed by atoms with Crippen molar-refractivity contribution in [1.29, 1.82) is 0 Å². The molecule has 15 nitrogen and oxygen atoms in total. The molecule has 0 atom stereocenters. The molecule has 3 aromatic carbocycles. The van der Waals surface area contributed by atoms with Crippen LogP contribution in [0.2, 0.25) is 0 Å². The van der Waals surface area contributed by atoms with E-state index in [1.165, 1.54) is 56.1 Å². The molecule has 382 valence electrons. The number of benzene rings is 3. The zero-order valence-corrected chi connectivity index (χ0v) is 41.6. The number of hydrogen-bond donors (Lipinski definition) is 2. The molecule has 4 aliphatic heterocycles. The molecule has 0 bridgehead atoms. The molecule has 2 saturated carbocycles. The minimum absolute atomic E-state index is 0.00279. The van der Waals surface area contributed by atoms with E-state index in [-0.39, 0.29) is 68.5 Å². The fraction of sp³-hybridized carbons (Fsp3) is 0.500. The number of phenols is 1.